The van der Waals surface area contributed by atoms with Gasteiger partial charge in [0.1, 0.15) is 134 Å². The van der Waals surface area contributed by atoms with E-state index in [1.54, 1.807) is 6.08 Å². The molecule has 4 amide bonds. The first-order valence-corrected chi connectivity index (χ1v) is 49.2. The second-order valence-corrected chi connectivity index (χ2v) is 37.1. The maximum atomic E-state index is 13.7. The number of amides is 4. The fourth-order valence-corrected chi connectivity index (χ4v) is 18.3. The fourth-order valence-electron chi connectivity index (χ4n) is 18.3. The number of ether oxygens (including phenoxy) is 12. The molecular formula is C92H164N4O39. The lowest BCUT2D eigenvalue weighted by molar-refractivity contribution is -0.391. The van der Waals surface area contributed by atoms with Crippen LogP contribution in [0, 0.1) is 0 Å². The number of hydrogen-bond acceptors (Lipinski definition) is 37. The molecule has 12 unspecified atom stereocenters. The van der Waals surface area contributed by atoms with E-state index in [1.165, 1.54) is 154 Å². The SMILES string of the molecule is CCCCCCCCCCCCC/C=C/[C@@H](O)[C@H](CO[C@@H]1OC(CO)[C@@H](O[C@@H]2OC(CO)[C@H](O)[C@H](O[C@@H]3OC(CO)[C@@H](O[C@@H]4OC(CO)[C@H](O)[C@H](O[C@]5(C(=O)O)CC(O)[C@@H](NC(C)=O)C([C@H](O)[C@@H](CO)O[C@]6(C(=O)O)CC(O)[C@@H](NC(C)=O)C([C@H](O)[C@H](O)CO)O6)O5)C4O)[C@H](O)C3NC(C)=O)C2O)[C@H](O)C1O)NC(=O)CCCCCCCCCCCCCCCCCCCCCCCCC. The van der Waals surface area contributed by atoms with Crippen molar-refractivity contribution in [3.05, 3.63) is 12.2 Å². The molecule has 0 spiro atoms. The van der Waals surface area contributed by atoms with Gasteiger partial charge in [-0.05, 0) is 19.3 Å². The number of allylic oxidation sites excluding steroid dienone is 1. The molecule has 34 atom stereocenters. The molecule has 135 heavy (non-hydrogen) atoms. The molecule has 25 N–H and O–H groups in total. The van der Waals surface area contributed by atoms with Crippen LogP contribution >= 0.6 is 0 Å². The van der Waals surface area contributed by atoms with Crippen molar-refractivity contribution < 1.29 is 193 Å². The summed E-state index contributed by atoms with van der Waals surface area (Å²) in [5, 5.41) is 247. The summed E-state index contributed by atoms with van der Waals surface area (Å²) in [5.74, 6) is -14.5. The third-order valence-corrected chi connectivity index (χ3v) is 26.1. The van der Waals surface area contributed by atoms with Gasteiger partial charge in [0.25, 0.3) is 11.6 Å². The van der Waals surface area contributed by atoms with Gasteiger partial charge >= 0.3 is 11.9 Å². The zero-order valence-electron chi connectivity index (χ0n) is 79.2. The Bertz CT molecular complexity index is 3350. The van der Waals surface area contributed by atoms with E-state index >= 15 is 0 Å². The van der Waals surface area contributed by atoms with Crippen molar-refractivity contribution in [2.45, 2.75) is 486 Å². The number of carboxylic acid groups (broad SMARTS) is 2. The summed E-state index contributed by atoms with van der Waals surface area (Å²) in [5.41, 5.74) is 0. The molecular weight excluding hydrogens is 1790 g/mol. The summed E-state index contributed by atoms with van der Waals surface area (Å²) in [6.07, 6.45) is -17.7. The van der Waals surface area contributed by atoms with E-state index in [0.717, 1.165) is 78.6 Å². The highest BCUT2D eigenvalue weighted by molar-refractivity contribution is 5.78. The highest BCUT2D eigenvalue weighted by Gasteiger charge is 2.64. The van der Waals surface area contributed by atoms with Gasteiger partial charge in [-0.1, -0.05) is 231 Å². The van der Waals surface area contributed by atoms with Gasteiger partial charge in [-0.25, -0.2) is 9.59 Å². The lowest BCUT2D eigenvalue weighted by Gasteiger charge is -2.52. The van der Waals surface area contributed by atoms with E-state index in [4.69, 9.17) is 56.8 Å². The minimum atomic E-state index is -3.51. The van der Waals surface area contributed by atoms with Crippen molar-refractivity contribution in [3.8, 4) is 0 Å². The monoisotopic (exact) mass is 1950 g/mol. The summed E-state index contributed by atoms with van der Waals surface area (Å²) in [4.78, 5) is 78.7. The highest BCUT2D eigenvalue weighted by atomic mass is 16.8. The molecule has 0 bridgehead atoms. The summed E-state index contributed by atoms with van der Waals surface area (Å²) < 4.78 is 70.7. The second kappa shape index (κ2) is 62.7. The van der Waals surface area contributed by atoms with Crippen LogP contribution < -0.4 is 21.3 Å². The van der Waals surface area contributed by atoms with Gasteiger partial charge in [0.15, 0.2) is 25.2 Å². The Morgan fingerprint density at radius 2 is 0.770 bits per heavy atom. The van der Waals surface area contributed by atoms with Crippen LogP contribution in [0.4, 0.5) is 0 Å². The minimum Gasteiger partial charge on any atom is -0.477 e. The predicted molar refractivity (Wildman–Crippen MR) is 477 cm³/mol. The molecule has 6 heterocycles. The minimum absolute atomic E-state index is 0.147. The fraction of sp³-hybridized carbons (Fsp3) is 0.913. The largest absolute Gasteiger partial charge is 0.477 e. The average molecular weight is 1950 g/mol. The third kappa shape index (κ3) is 36.9. The number of nitrogens with one attached hydrogen (secondary N) is 4. The van der Waals surface area contributed by atoms with Crippen LogP contribution in [-0.4, -0.2) is 396 Å². The quantitative estimate of drug-likeness (QED) is 0.0263. The van der Waals surface area contributed by atoms with E-state index in [-0.39, 0.29) is 12.3 Å². The molecule has 0 aliphatic carbocycles. The zero-order valence-corrected chi connectivity index (χ0v) is 79.2. The summed E-state index contributed by atoms with van der Waals surface area (Å²) in [7, 11) is 0. The molecule has 6 fully saturated rings. The van der Waals surface area contributed by atoms with Crippen LogP contribution in [0.5, 0.6) is 0 Å². The first-order valence-electron chi connectivity index (χ1n) is 49.2. The molecule has 6 rings (SSSR count). The van der Waals surface area contributed by atoms with Gasteiger partial charge in [-0.3, -0.25) is 19.2 Å². The number of hydrogen-bond donors (Lipinski definition) is 25. The molecule has 0 saturated carbocycles. The Hall–Kier alpha value is -4.68. The van der Waals surface area contributed by atoms with Crippen LogP contribution in [0.3, 0.4) is 0 Å². The number of unbranched alkanes of at least 4 members (excludes halogenated alkanes) is 33. The van der Waals surface area contributed by atoms with Gasteiger partial charge in [0.2, 0.25) is 23.6 Å². The van der Waals surface area contributed by atoms with Gasteiger partial charge in [0, 0.05) is 40.0 Å². The first kappa shape index (κ1) is 119. The van der Waals surface area contributed by atoms with Crippen LogP contribution in [0.15, 0.2) is 12.2 Å². The number of carbonyl (C=O) groups is 6. The number of aliphatic hydroxyl groups is 19. The van der Waals surface area contributed by atoms with Crippen LogP contribution in [0.25, 0.3) is 0 Å². The number of carbonyl (C=O) groups excluding carboxylic acids is 4. The molecule has 0 aromatic carbocycles. The van der Waals surface area contributed by atoms with E-state index in [9.17, 15) is 136 Å². The standard InChI is InChI=1S/C92H164N4O39/c1-6-8-10-12-14-16-18-20-21-22-23-24-25-26-27-28-29-31-33-35-37-39-41-43-66(110)96-56(57(106)42-40-38-36-34-32-30-19-17-15-13-11-9-7-2)52-124-86-76(117)75(116)80(65(51-102)128-86)130-87-77(118)83(71(112)61(47-98)125-87)131-85-69(95-55(5)105)74(115)79(64(50-101)127-85)129-88-78(119)84(72(113)62(48-99)126-88)135-92(90(122)123)45-59(108)68(94-54(4)104)82(134-92)73(114)63(49-100)132-91(89(120)121)44-58(107)67(93-53(3)103)81(133-91)70(111)60(109)46-97/h40,42,56-65,67-88,97-102,106-109,111-119H,6-39,41,43-52H2,1-5H3,(H,93,103)(H,94,104)(H,95,105)(H,96,110)(H,120,121)(H,122,123)/b42-40+/t56-,57+,58?,59?,60+,61?,62?,63+,64?,65?,67+,68+,69?,70+,71-,72-,73+,74+,75+,76?,77?,78?,79+,80+,81?,82?,83-,84-,85-,86+,87-,88-,91+,92-/m0/s1. The lowest BCUT2D eigenvalue weighted by atomic mass is 9.87. The Kier molecular flexibility index (Phi) is 55.3. The maximum Gasteiger partial charge on any atom is 0.364 e. The van der Waals surface area contributed by atoms with Crippen molar-refractivity contribution in [2.75, 3.05) is 46.2 Å². The normalized spacial score (nSPS) is 33.7. The van der Waals surface area contributed by atoms with Gasteiger partial charge in [0.05, 0.1) is 82.7 Å². The van der Waals surface area contributed by atoms with Crippen LogP contribution in [-0.2, 0) is 85.6 Å². The molecule has 786 valence electrons. The molecule has 0 radical (unpaired) electrons. The topological polar surface area (TPSA) is 686 Å². The summed E-state index contributed by atoms with van der Waals surface area (Å²) >= 11 is 0. The maximum absolute atomic E-state index is 13.7. The number of rotatable bonds is 67. The third-order valence-electron chi connectivity index (χ3n) is 26.1. The summed E-state index contributed by atoms with van der Waals surface area (Å²) in [6, 6.07) is -6.84. The van der Waals surface area contributed by atoms with E-state index < -0.39 is 296 Å². The van der Waals surface area contributed by atoms with Gasteiger partial charge in [-0.2, -0.15) is 0 Å². The van der Waals surface area contributed by atoms with Crippen LogP contribution in [0.2, 0.25) is 0 Å². The molecule has 0 aromatic heterocycles. The van der Waals surface area contributed by atoms with Crippen molar-refractivity contribution in [1.29, 1.82) is 0 Å². The van der Waals surface area contributed by atoms with Crippen molar-refractivity contribution in [2.24, 2.45) is 0 Å². The van der Waals surface area contributed by atoms with Crippen molar-refractivity contribution >= 4 is 35.6 Å². The lowest BCUT2D eigenvalue weighted by Crippen LogP contribution is -2.72. The molecule has 6 aliphatic heterocycles. The van der Waals surface area contributed by atoms with Crippen LogP contribution in [0.1, 0.15) is 279 Å². The van der Waals surface area contributed by atoms with E-state index in [2.05, 4.69) is 35.1 Å². The van der Waals surface area contributed by atoms with Crippen molar-refractivity contribution in [1.82, 2.24) is 21.3 Å². The Labute approximate surface area is 790 Å². The van der Waals surface area contributed by atoms with Gasteiger partial charge < -0.3 is 185 Å². The smallest absolute Gasteiger partial charge is 0.364 e. The van der Waals surface area contributed by atoms with E-state index in [0.29, 0.717) is 12.8 Å². The Balaban J connectivity index is 1.11. The Morgan fingerprint density at radius 1 is 0.400 bits per heavy atom. The summed E-state index contributed by atoms with van der Waals surface area (Å²) in [6.45, 7) is -0.474. The molecule has 6 aliphatic rings. The van der Waals surface area contributed by atoms with Gasteiger partial charge in [-0.15, -0.1) is 0 Å². The molecule has 43 nitrogen and oxygen atoms in total. The number of aliphatic hydroxyl groups excluding tert-OH is 19. The molecule has 6 saturated heterocycles. The van der Waals surface area contributed by atoms with Crippen molar-refractivity contribution in [3.63, 3.8) is 0 Å². The Morgan fingerprint density at radius 3 is 1.19 bits per heavy atom. The van der Waals surface area contributed by atoms with E-state index in [1.807, 2.05) is 6.08 Å². The molecule has 43 heteroatoms. The number of aliphatic carboxylic acids is 2. The first-order chi connectivity index (χ1) is 64.6. The predicted octanol–water partition coefficient (Wildman–Crippen LogP) is -0.748. The number of carboxylic acids is 2. The molecule has 0 aromatic rings. The average Bonchev–Trinajstić information content (AvgIpc) is 0.727. The second-order valence-electron chi connectivity index (χ2n) is 37.1. The zero-order chi connectivity index (χ0) is 99.5. The highest BCUT2D eigenvalue weighted by Crippen LogP contribution is 2.43.